The summed E-state index contributed by atoms with van der Waals surface area (Å²) in [4.78, 5) is 22.9. The van der Waals surface area contributed by atoms with E-state index in [0.29, 0.717) is 39.8 Å². The maximum atomic E-state index is 13.4. The molecule has 3 aromatic carbocycles. The minimum absolute atomic E-state index is 0.403. The van der Waals surface area contributed by atoms with E-state index in [1.165, 1.54) is 0 Å². The topological polar surface area (TPSA) is 82.5 Å². The lowest BCUT2D eigenvalue weighted by atomic mass is 9.85. The second kappa shape index (κ2) is 8.47. The van der Waals surface area contributed by atoms with Crippen LogP contribution < -0.4 is 10.4 Å². The van der Waals surface area contributed by atoms with Gasteiger partial charge in [-0.25, -0.2) is 19.3 Å². The van der Waals surface area contributed by atoms with Crippen LogP contribution in [0, 0.1) is 0 Å². The van der Waals surface area contributed by atoms with E-state index in [9.17, 15) is 4.79 Å². The summed E-state index contributed by atoms with van der Waals surface area (Å²) in [5.41, 5.74) is 5.81. The van der Waals surface area contributed by atoms with Crippen molar-refractivity contribution < 1.29 is 9.15 Å². The molecule has 1 aliphatic heterocycles. The third-order valence-electron chi connectivity index (χ3n) is 7.09. The lowest BCUT2D eigenvalue weighted by molar-refractivity contribution is 0.422. The molecule has 0 radical (unpaired) electrons. The molecule has 0 saturated carbocycles. The number of hydrogen-bond donors (Lipinski definition) is 0. The van der Waals surface area contributed by atoms with Gasteiger partial charge in [-0.2, -0.15) is 11.3 Å². The van der Waals surface area contributed by atoms with Crippen molar-refractivity contribution in [2.24, 2.45) is 0 Å². The van der Waals surface area contributed by atoms with Crippen molar-refractivity contribution >= 4 is 28.0 Å². The molecule has 1 atom stereocenters. The molecule has 1 aliphatic rings. The second-order valence-electron chi connectivity index (χ2n) is 9.33. The van der Waals surface area contributed by atoms with Crippen molar-refractivity contribution in [2.45, 2.75) is 5.92 Å². The molecule has 186 valence electrons. The molecule has 7 nitrogen and oxygen atoms in total. The predicted octanol–water partition coefficient (Wildman–Crippen LogP) is 6.91. The number of aromatic nitrogens is 4. The number of ether oxygens (including phenoxy) is 1. The van der Waals surface area contributed by atoms with Gasteiger partial charge in [0.25, 0.3) is 0 Å². The molecule has 0 saturated heterocycles. The smallest absolute Gasteiger partial charge is 0.344 e. The van der Waals surface area contributed by atoms with Gasteiger partial charge in [0.1, 0.15) is 11.9 Å². The van der Waals surface area contributed by atoms with Crippen LogP contribution in [0.1, 0.15) is 22.6 Å². The number of nitrogens with zero attached hydrogens (tertiary/aromatic N) is 4. The van der Waals surface area contributed by atoms with Crippen LogP contribution in [0.15, 0.2) is 111 Å². The molecule has 5 heterocycles. The Morgan fingerprint density at radius 1 is 0.821 bits per heavy atom. The molecule has 1 unspecified atom stereocenters. The van der Waals surface area contributed by atoms with Crippen molar-refractivity contribution in [3.63, 3.8) is 0 Å². The Kier molecular flexibility index (Phi) is 4.77. The Labute approximate surface area is 225 Å². The predicted molar refractivity (Wildman–Crippen MR) is 149 cm³/mol. The lowest BCUT2D eigenvalue weighted by Crippen LogP contribution is -2.22. The Hall–Kier alpha value is -5.08. The van der Waals surface area contributed by atoms with E-state index >= 15 is 0 Å². The van der Waals surface area contributed by atoms with Gasteiger partial charge in [-0.15, -0.1) is 5.10 Å². The summed E-state index contributed by atoms with van der Waals surface area (Å²) in [6.45, 7) is 0. The zero-order valence-corrected chi connectivity index (χ0v) is 21.1. The molecular weight excluding hydrogens is 508 g/mol. The number of thiophene rings is 1. The zero-order chi connectivity index (χ0) is 25.9. The first kappa shape index (κ1) is 22.0. The van der Waals surface area contributed by atoms with Crippen LogP contribution in [-0.4, -0.2) is 19.6 Å². The summed E-state index contributed by atoms with van der Waals surface area (Å²) in [5, 5.41) is 9.47. The summed E-state index contributed by atoms with van der Waals surface area (Å²) in [5.74, 6) is 0.966. The number of benzene rings is 3. The van der Waals surface area contributed by atoms with Gasteiger partial charge in [0.15, 0.2) is 17.2 Å². The van der Waals surface area contributed by atoms with Gasteiger partial charge >= 0.3 is 5.63 Å². The van der Waals surface area contributed by atoms with Crippen molar-refractivity contribution in [1.29, 1.82) is 0 Å². The van der Waals surface area contributed by atoms with E-state index < -0.39 is 11.5 Å². The van der Waals surface area contributed by atoms with Gasteiger partial charge in [0.05, 0.1) is 22.4 Å². The summed E-state index contributed by atoms with van der Waals surface area (Å²) >= 11 is 1.56. The molecule has 0 amide bonds. The molecule has 39 heavy (non-hydrogen) atoms. The first-order chi connectivity index (χ1) is 19.2. The second-order valence-corrected chi connectivity index (χ2v) is 10.1. The summed E-state index contributed by atoms with van der Waals surface area (Å²) in [7, 11) is 0. The monoisotopic (exact) mass is 526 g/mol. The van der Waals surface area contributed by atoms with Gasteiger partial charge in [-0.1, -0.05) is 66.7 Å². The van der Waals surface area contributed by atoms with Crippen LogP contribution in [0.25, 0.3) is 39.1 Å². The molecule has 4 aromatic heterocycles. The minimum atomic E-state index is -0.468. The Bertz CT molecular complexity index is 2060. The van der Waals surface area contributed by atoms with Crippen molar-refractivity contribution in [3.05, 3.63) is 129 Å². The van der Waals surface area contributed by atoms with E-state index in [4.69, 9.17) is 19.2 Å². The molecular formula is C31H18N4O3S. The molecule has 0 N–H and O–H groups in total. The van der Waals surface area contributed by atoms with Crippen LogP contribution in [0.3, 0.4) is 0 Å². The van der Waals surface area contributed by atoms with Gasteiger partial charge in [-0.3, -0.25) is 0 Å². The van der Waals surface area contributed by atoms with Gasteiger partial charge in [0, 0.05) is 5.56 Å². The molecule has 0 fully saturated rings. The fourth-order valence-corrected chi connectivity index (χ4v) is 5.95. The lowest BCUT2D eigenvalue weighted by Gasteiger charge is -2.26. The van der Waals surface area contributed by atoms with Crippen LogP contribution in [-0.2, 0) is 0 Å². The van der Waals surface area contributed by atoms with Crippen molar-refractivity contribution in [2.75, 3.05) is 0 Å². The molecule has 7 aromatic rings. The molecule has 0 aliphatic carbocycles. The maximum absolute atomic E-state index is 13.4. The normalized spacial score (nSPS) is 14.2. The largest absolute Gasteiger partial charge is 0.437 e. The standard InChI is InChI=1S/C31H18N4O3S/c36-31-25-24(21-14-15-39-16-21)26-29-33-28(20-12-10-19(11-13-20)18-6-2-1-3-7-18)34-35(29)17-32-30(26)38-27(25)22-8-4-5-9-23(22)37-31/h1-17,24H. The van der Waals surface area contributed by atoms with E-state index in [2.05, 4.69) is 29.2 Å². The van der Waals surface area contributed by atoms with Gasteiger partial charge in [-0.05, 0) is 45.6 Å². The van der Waals surface area contributed by atoms with E-state index in [0.717, 1.165) is 27.6 Å². The fourth-order valence-electron chi connectivity index (χ4n) is 5.27. The van der Waals surface area contributed by atoms with Gasteiger partial charge < -0.3 is 9.15 Å². The first-order valence-electron chi connectivity index (χ1n) is 12.4. The highest BCUT2D eigenvalue weighted by atomic mass is 32.1. The fraction of sp³-hybridized carbons (Fsp3) is 0.0323. The number of para-hydroxylation sites is 1. The average Bonchev–Trinajstić information content (AvgIpc) is 3.67. The number of fused-ring (bicyclic) bond motifs is 6. The zero-order valence-electron chi connectivity index (χ0n) is 20.3. The van der Waals surface area contributed by atoms with E-state index in [-0.39, 0.29) is 0 Å². The summed E-state index contributed by atoms with van der Waals surface area (Å²) < 4.78 is 13.7. The van der Waals surface area contributed by atoms with Crippen LogP contribution >= 0.6 is 11.3 Å². The summed E-state index contributed by atoms with van der Waals surface area (Å²) in [6, 6.07) is 27.8. The SMILES string of the molecule is O=c1oc2ccccc2c2c1C(c1ccsc1)c1c(ncn3nc(-c4ccc(-c5ccccc5)cc4)nc13)O2. The average molecular weight is 527 g/mol. The van der Waals surface area contributed by atoms with Crippen molar-refractivity contribution in [3.8, 4) is 34.1 Å². The van der Waals surface area contributed by atoms with Crippen LogP contribution in [0.2, 0.25) is 0 Å². The molecule has 0 spiro atoms. The number of rotatable bonds is 3. The third kappa shape index (κ3) is 3.42. The highest BCUT2D eigenvalue weighted by Gasteiger charge is 2.37. The van der Waals surface area contributed by atoms with Crippen LogP contribution in [0.5, 0.6) is 11.6 Å². The quantitative estimate of drug-likeness (QED) is 0.233. The summed E-state index contributed by atoms with van der Waals surface area (Å²) in [6.07, 6.45) is 1.60. The molecule has 8 heteroatoms. The first-order valence-corrected chi connectivity index (χ1v) is 13.4. The Balaban J connectivity index is 1.31. The molecule has 8 rings (SSSR count). The Morgan fingerprint density at radius 2 is 1.59 bits per heavy atom. The number of hydrogen-bond acceptors (Lipinski definition) is 7. The van der Waals surface area contributed by atoms with Crippen LogP contribution in [0.4, 0.5) is 0 Å². The Morgan fingerprint density at radius 3 is 2.41 bits per heavy atom. The van der Waals surface area contributed by atoms with Crippen molar-refractivity contribution in [1.82, 2.24) is 19.6 Å². The minimum Gasteiger partial charge on any atom is -0.437 e. The third-order valence-corrected chi connectivity index (χ3v) is 7.79. The van der Waals surface area contributed by atoms with Gasteiger partial charge in [0.2, 0.25) is 5.88 Å². The highest BCUT2D eigenvalue weighted by molar-refractivity contribution is 7.08. The maximum Gasteiger partial charge on any atom is 0.344 e. The van der Waals surface area contributed by atoms with E-state index in [1.807, 2.05) is 65.4 Å². The highest BCUT2D eigenvalue weighted by Crippen LogP contribution is 2.49. The molecule has 0 bridgehead atoms. The van der Waals surface area contributed by atoms with E-state index in [1.54, 1.807) is 28.2 Å².